The van der Waals surface area contributed by atoms with Gasteiger partial charge in [0.2, 0.25) is 0 Å². The first-order valence-corrected chi connectivity index (χ1v) is 4.33. The van der Waals surface area contributed by atoms with E-state index >= 15 is 0 Å². The molecule has 3 heteroatoms. The van der Waals surface area contributed by atoms with Crippen molar-refractivity contribution in [2.24, 2.45) is 0 Å². The predicted octanol–water partition coefficient (Wildman–Crippen LogP) is 2.59. The number of nitrogens with one attached hydrogen (secondary N) is 1. The van der Waals surface area contributed by atoms with Crippen molar-refractivity contribution in [2.45, 2.75) is 0 Å². The van der Waals surface area contributed by atoms with Crippen LogP contribution in [0.4, 0.5) is 5.69 Å². The van der Waals surface area contributed by atoms with Gasteiger partial charge in [-0.3, -0.25) is 0 Å². The lowest BCUT2D eigenvalue weighted by atomic mass is 10.3. The van der Waals surface area contributed by atoms with Gasteiger partial charge in [0.15, 0.2) is 0 Å². The lowest BCUT2D eigenvalue weighted by Gasteiger charge is -2.07. The molecular formula is C10H11NOS. The van der Waals surface area contributed by atoms with Crippen LogP contribution in [0.2, 0.25) is 0 Å². The van der Waals surface area contributed by atoms with Crippen LogP contribution in [0.5, 0.6) is 0 Å². The first-order valence-electron chi connectivity index (χ1n) is 3.92. The van der Waals surface area contributed by atoms with Crippen LogP contribution in [-0.4, -0.2) is 11.8 Å². The van der Waals surface area contributed by atoms with Crippen LogP contribution in [0, 0.1) is 0 Å². The first-order chi connectivity index (χ1) is 6.33. The van der Waals surface area contributed by atoms with Gasteiger partial charge in [-0.15, -0.1) is 0 Å². The van der Waals surface area contributed by atoms with E-state index in [1.54, 1.807) is 6.08 Å². The highest BCUT2D eigenvalue weighted by Gasteiger charge is 1.95. The van der Waals surface area contributed by atoms with Crippen LogP contribution >= 0.6 is 12.2 Å². The molecule has 0 spiro atoms. The van der Waals surface area contributed by atoms with Crippen molar-refractivity contribution in [1.29, 1.82) is 0 Å². The maximum Gasteiger partial charge on any atom is 0.261 e. The van der Waals surface area contributed by atoms with Crippen molar-refractivity contribution in [3.63, 3.8) is 0 Å². The van der Waals surface area contributed by atoms with Crippen LogP contribution in [-0.2, 0) is 4.74 Å². The third kappa shape index (κ3) is 3.71. The number of hydrogen-bond acceptors (Lipinski definition) is 2. The molecule has 0 saturated heterocycles. The standard InChI is InChI=1S/C10H11NOS/c1-2-8-12-10(13)11-9-6-4-3-5-7-9/h2-7H,1,8H2,(H,11,13). The van der Waals surface area contributed by atoms with Crippen LogP contribution in [0.15, 0.2) is 43.0 Å². The van der Waals surface area contributed by atoms with E-state index in [1.807, 2.05) is 30.3 Å². The monoisotopic (exact) mass is 193 g/mol. The molecule has 0 aliphatic rings. The highest BCUT2D eigenvalue weighted by atomic mass is 32.1. The molecule has 0 amide bonds. The molecule has 0 fully saturated rings. The Balaban J connectivity index is 2.41. The molecule has 0 atom stereocenters. The fourth-order valence-electron chi connectivity index (χ4n) is 0.810. The summed E-state index contributed by atoms with van der Waals surface area (Å²) in [5.41, 5.74) is 0.927. The molecule has 1 aromatic carbocycles. The van der Waals surface area contributed by atoms with Crippen LogP contribution in [0.25, 0.3) is 0 Å². The number of benzene rings is 1. The van der Waals surface area contributed by atoms with Gasteiger partial charge < -0.3 is 10.1 Å². The molecule has 2 nitrogen and oxygen atoms in total. The van der Waals surface area contributed by atoms with Gasteiger partial charge in [-0.05, 0) is 24.4 Å². The van der Waals surface area contributed by atoms with Crippen molar-refractivity contribution in [2.75, 3.05) is 11.9 Å². The second kappa shape index (κ2) is 5.32. The molecule has 68 valence electrons. The van der Waals surface area contributed by atoms with E-state index in [0.717, 1.165) is 5.69 Å². The molecule has 0 aliphatic carbocycles. The van der Waals surface area contributed by atoms with Gasteiger partial charge in [0.25, 0.3) is 5.17 Å². The third-order valence-electron chi connectivity index (χ3n) is 1.35. The molecule has 0 aliphatic heterocycles. The van der Waals surface area contributed by atoms with E-state index < -0.39 is 0 Å². The highest BCUT2D eigenvalue weighted by Crippen LogP contribution is 2.05. The number of rotatable bonds is 3. The van der Waals surface area contributed by atoms with Gasteiger partial charge in [0.05, 0.1) is 0 Å². The smallest absolute Gasteiger partial charge is 0.261 e. The SMILES string of the molecule is C=CCOC(=S)Nc1ccccc1. The maximum absolute atomic E-state index is 5.10. The molecule has 0 unspecified atom stereocenters. The zero-order valence-corrected chi connectivity index (χ0v) is 8.01. The van der Waals surface area contributed by atoms with Gasteiger partial charge in [0.1, 0.15) is 6.61 Å². The second-order valence-electron chi connectivity index (χ2n) is 2.38. The Bertz CT molecular complexity index is 284. The van der Waals surface area contributed by atoms with Gasteiger partial charge in [0, 0.05) is 5.69 Å². The summed E-state index contributed by atoms with van der Waals surface area (Å²) in [6, 6.07) is 9.64. The second-order valence-corrected chi connectivity index (χ2v) is 2.75. The lowest BCUT2D eigenvalue weighted by Crippen LogP contribution is -2.12. The summed E-state index contributed by atoms with van der Waals surface area (Å²) < 4.78 is 5.10. The van der Waals surface area contributed by atoms with Gasteiger partial charge >= 0.3 is 0 Å². The largest absolute Gasteiger partial charge is 0.467 e. The molecule has 0 bridgehead atoms. The fraction of sp³-hybridized carbons (Fsp3) is 0.100. The summed E-state index contributed by atoms with van der Waals surface area (Å²) in [6.45, 7) is 3.96. The fourth-order valence-corrected chi connectivity index (χ4v) is 0.996. The minimum atomic E-state index is 0.367. The number of para-hydroxylation sites is 1. The average Bonchev–Trinajstić information content (AvgIpc) is 2.16. The summed E-state index contributed by atoms with van der Waals surface area (Å²) in [5.74, 6) is 0. The van der Waals surface area contributed by atoms with E-state index in [-0.39, 0.29) is 0 Å². The summed E-state index contributed by atoms with van der Waals surface area (Å²) in [7, 11) is 0. The lowest BCUT2D eigenvalue weighted by molar-refractivity contribution is 0.359. The zero-order chi connectivity index (χ0) is 9.52. The Kier molecular flexibility index (Phi) is 3.99. The van der Waals surface area contributed by atoms with Crippen LogP contribution < -0.4 is 5.32 Å². The Morgan fingerprint density at radius 1 is 1.46 bits per heavy atom. The quantitative estimate of drug-likeness (QED) is 0.589. The van der Waals surface area contributed by atoms with Gasteiger partial charge in [-0.25, -0.2) is 0 Å². The van der Waals surface area contributed by atoms with Gasteiger partial charge in [-0.1, -0.05) is 30.9 Å². The van der Waals surface area contributed by atoms with Crippen molar-refractivity contribution in [3.8, 4) is 0 Å². The minimum absolute atomic E-state index is 0.367. The molecule has 1 N–H and O–H groups in total. The van der Waals surface area contributed by atoms with E-state index in [0.29, 0.717) is 11.8 Å². The Labute approximate surface area is 83.2 Å². The molecule has 1 rings (SSSR count). The van der Waals surface area contributed by atoms with Crippen molar-refractivity contribution >= 4 is 23.1 Å². The Morgan fingerprint density at radius 2 is 2.15 bits per heavy atom. The number of thiocarbonyl (C=S) groups is 1. The van der Waals surface area contributed by atoms with Gasteiger partial charge in [-0.2, -0.15) is 0 Å². The van der Waals surface area contributed by atoms with Crippen molar-refractivity contribution < 1.29 is 4.74 Å². The summed E-state index contributed by atoms with van der Waals surface area (Å²) in [4.78, 5) is 0. The number of ether oxygens (including phenoxy) is 1. The molecule has 0 saturated carbocycles. The van der Waals surface area contributed by atoms with E-state index in [9.17, 15) is 0 Å². The molecule has 0 heterocycles. The van der Waals surface area contributed by atoms with Crippen LogP contribution in [0.3, 0.4) is 0 Å². The number of hydrogen-bond donors (Lipinski definition) is 1. The van der Waals surface area contributed by atoms with E-state index in [4.69, 9.17) is 17.0 Å². The Hall–Kier alpha value is -1.35. The Morgan fingerprint density at radius 3 is 2.77 bits per heavy atom. The average molecular weight is 193 g/mol. The maximum atomic E-state index is 5.10. The molecule has 1 aromatic rings. The number of anilines is 1. The first kappa shape index (κ1) is 9.74. The molecular weight excluding hydrogens is 182 g/mol. The zero-order valence-electron chi connectivity index (χ0n) is 7.19. The van der Waals surface area contributed by atoms with Crippen LogP contribution in [0.1, 0.15) is 0 Å². The normalized spacial score (nSPS) is 8.92. The van der Waals surface area contributed by atoms with E-state index in [1.165, 1.54) is 0 Å². The molecule has 0 radical (unpaired) electrons. The molecule has 13 heavy (non-hydrogen) atoms. The van der Waals surface area contributed by atoms with E-state index in [2.05, 4.69) is 11.9 Å². The summed E-state index contributed by atoms with van der Waals surface area (Å²) >= 11 is 4.92. The predicted molar refractivity (Wildman–Crippen MR) is 58.8 cm³/mol. The minimum Gasteiger partial charge on any atom is -0.467 e. The summed E-state index contributed by atoms with van der Waals surface area (Å²) in [6.07, 6.45) is 1.65. The molecule has 0 aromatic heterocycles. The summed E-state index contributed by atoms with van der Waals surface area (Å²) in [5, 5.41) is 3.30. The van der Waals surface area contributed by atoms with Crippen molar-refractivity contribution in [1.82, 2.24) is 0 Å². The van der Waals surface area contributed by atoms with Crippen molar-refractivity contribution in [3.05, 3.63) is 43.0 Å². The topological polar surface area (TPSA) is 21.3 Å². The third-order valence-corrected chi connectivity index (χ3v) is 1.57. The highest BCUT2D eigenvalue weighted by molar-refractivity contribution is 7.80.